The molecule has 0 aromatic heterocycles. The summed E-state index contributed by atoms with van der Waals surface area (Å²) in [4.78, 5) is 27.4. The molecule has 160 valence electrons. The lowest BCUT2D eigenvalue weighted by molar-refractivity contribution is -0.136. The van der Waals surface area contributed by atoms with Gasteiger partial charge in [-0.15, -0.1) is 0 Å². The minimum Gasteiger partial charge on any atom is -0.349 e. The molecular formula is C23H24FN5O2. The molecule has 2 aliphatic heterocycles. The van der Waals surface area contributed by atoms with Gasteiger partial charge in [0.1, 0.15) is 5.82 Å². The Kier molecular flexibility index (Phi) is 6.26. The minimum atomic E-state index is -0.303. The van der Waals surface area contributed by atoms with Crippen molar-refractivity contribution in [3.05, 3.63) is 71.0 Å². The molecule has 2 aromatic carbocycles. The van der Waals surface area contributed by atoms with Gasteiger partial charge in [-0.1, -0.05) is 12.1 Å². The van der Waals surface area contributed by atoms with Crippen LogP contribution in [0.15, 0.2) is 48.5 Å². The van der Waals surface area contributed by atoms with E-state index in [0.29, 0.717) is 43.6 Å². The quantitative estimate of drug-likeness (QED) is 0.701. The Labute approximate surface area is 180 Å². The molecule has 31 heavy (non-hydrogen) atoms. The van der Waals surface area contributed by atoms with E-state index < -0.39 is 0 Å². The summed E-state index contributed by atoms with van der Waals surface area (Å²) >= 11 is 0. The molecule has 7 nitrogen and oxygen atoms in total. The van der Waals surface area contributed by atoms with Crippen molar-refractivity contribution in [1.82, 2.24) is 21.1 Å². The number of hydrogen-bond acceptors (Lipinski definition) is 5. The standard InChI is InChI=1S/C23H24FN5O2/c24-18-7-5-16(6-8-18)21-20(14-26-28-21)23(31)29-11-9-19(10-12-29)27-22(30)17-3-1-15(13-25)2-4-17/h1-8,19-21,26,28H,9-12,14H2,(H,27,30). The lowest BCUT2D eigenvalue weighted by Gasteiger charge is -2.34. The monoisotopic (exact) mass is 421 g/mol. The number of halogens is 1. The second-order valence-electron chi connectivity index (χ2n) is 7.92. The van der Waals surface area contributed by atoms with Gasteiger partial charge in [0.2, 0.25) is 5.91 Å². The second kappa shape index (κ2) is 9.25. The van der Waals surface area contributed by atoms with Crippen molar-refractivity contribution in [2.24, 2.45) is 5.92 Å². The van der Waals surface area contributed by atoms with Gasteiger partial charge in [0.15, 0.2) is 0 Å². The lowest BCUT2D eigenvalue weighted by Crippen LogP contribution is -2.49. The third-order valence-corrected chi connectivity index (χ3v) is 5.95. The first-order valence-electron chi connectivity index (χ1n) is 10.4. The third-order valence-electron chi connectivity index (χ3n) is 5.95. The first kappa shape index (κ1) is 21.0. The van der Waals surface area contributed by atoms with Crippen LogP contribution in [0.5, 0.6) is 0 Å². The van der Waals surface area contributed by atoms with Crippen LogP contribution in [0.25, 0.3) is 0 Å². The molecule has 4 rings (SSSR count). The zero-order valence-electron chi connectivity index (χ0n) is 17.0. The Bertz CT molecular complexity index is 979. The van der Waals surface area contributed by atoms with E-state index in [0.717, 1.165) is 5.56 Å². The highest BCUT2D eigenvalue weighted by Gasteiger charge is 2.37. The number of likely N-dealkylation sites (tertiary alicyclic amines) is 1. The fourth-order valence-corrected chi connectivity index (χ4v) is 4.16. The highest BCUT2D eigenvalue weighted by atomic mass is 19.1. The number of benzene rings is 2. The molecule has 2 atom stereocenters. The molecule has 2 aliphatic rings. The lowest BCUT2D eigenvalue weighted by atomic mass is 9.92. The van der Waals surface area contributed by atoms with Crippen molar-refractivity contribution in [3.8, 4) is 6.07 Å². The molecule has 3 N–H and O–H groups in total. The van der Waals surface area contributed by atoms with Gasteiger partial charge in [-0.05, 0) is 54.8 Å². The Balaban J connectivity index is 1.31. The van der Waals surface area contributed by atoms with Crippen LogP contribution < -0.4 is 16.2 Å². The summed E-state index contributed by atoms with van der Waals surface area (Å²) in [5.74, 6) is -0.684. The smallest absolute Gasteiger partial charge is 0.251 e. The van der Waals surface area contributed by atoms with Crippen LogP contribution in [0, 0.1) is 23.1 Å². The number of nitrogens with zero attached hydrogens (tertiary/aromatic N) is 2. The molecule has 0 radical (unpaired) electrons. The van der Waals surface area contributed by atoms with Crippen molar-refractivity contribution in [1.29, 1.82) is 5.26 Å². The SMILES string of the molecule is N#Cc1ccc(C(=O)NC2CCN(C(=O)C3CNNC3c3ccc(F)cc3)CC2)cc1. The van der Waals surface area contributed by atoms with E-state index in [9.17, 15) is 14.0 Å². The number of carbonyl (C=O) groups is 2. The zero-order chi connectivity index (χ0) is 21.8. The van der Waals surface area contributed by atoms with Crippen LogP contribution in [0.2, 0.25) is 0 Å². The Hall–Kier alpha value is -3.28. The molecule has 2 amide bonds. The highest BCUT2D eigenvalue weighted by molar-refractivity contribution is 5.94. The minimum absolute atomic E-state index is 0.0000770. The summed E-state index contributed by atoms with van der Waals surface area (Å²) in [6.45, 7) is 1.66. The number of rotatable bonds is 4. The molecule has 2 saturated heterocycles. The molecule has 2 aromatic rings. The molecule has 0 saturated carbocycles. The van der Waals surface area contributed by atoms with Gasteiger partial charge in [-0.2, -0.15) is 5.26 Å². The Morgan fingerprint density at radius 2 is 1.74 bits per heavy atom. The number of hydrazine groups is 1. The Morgan fingerprint density at radius 3 is 2.39 bits per heavy atom. The number of hydrogen-bond donors (Lipinski definition) is 3. The molecule has 2 heterocycles. The van der Waals surface area contributed by atoms with Crippen LogP contribution in [0.3, 0.4) is 0 Å². The molecular weight excluding hydrogens is 397 g/mol. The molecule has 2 unspecified atom stereocenters. The first-order chi connectivity index (χ1) is 15.0. The molecule has 8 heteroatoms. The molecule has 0 aliphatic carbocycles. The molecule has 0 bridgehead atoms. The first-order valence-corrected chi connectivity index (χ1v) is 10.4. The summed E-state index contributed by atoms with van der Waals surface area (Å²) < 4.78 is 13.2. The molecule has 0 spiro atoms. The molecule has 2 fully saturated rings. The van der Waals surface area contributed by atoms with Gasteiger partial charge in [0.25, 0.3) is 5.91 Å². The van der Waals surface area contributed by atoms with Crippen LogP contribution in [0.4, 0.5) is 4.39 Å². The maximum Gasteiger partial charge on any atom is 0.251 e. The van der Waals surface area contributed by atoms with E-state index in [-0.39, 0.29) is 35.6 Å². The van der Waals surface area contributed by atoms with Crippen molar-refractivity contribution in [2.75, 3.05) is 19.6 Å². The van der Waals surface area contributed by atoms with Crippen LogP contribution in [-0.2, 0) is 4.79 Å². The van der Waals surface area contributed by atoms with Gasteiger partial charge < -0.3 is 10.2 Å². The summed E-state index contributed by atoms with van der Waals surface area (Å²) in [6, 6.07) is 14.6. The number of piperidine rings is 1. The van der Waals surface area contributed by atoms with E-state index in [4.69, 9.17) is 5.26 Å². The number of nitrogens with one attached hydrogen (secondary N) is 3. The highest BCUT2D eigenvalue weighted by Crippen LogP contribution is 2.28. The summed E-state index contributed by atoms with van der Waals surface area (Å²) in [5, 5.41) is 11.9. The largest absolute Gasteiger partial charge is 0.349 e. The van der Waals surface area contributed by atoms with Gasteiger partial charge in [0, 0.05) is 31.2 Å². The number of nitriles is 1. The maximum absolute atomic E-state index is 13.2. The van der Waals surface area contributed by atoms with Gasteiger partial charge in [-0.25, -0.2) is 9.82 Å². The van der Waals surface area contributed by atoms with Crippen molar-refractivity contribution < 1.29 is 14.0 Å². The Morgan fingerprint density at radius 1 is 1.06 bits per heavy atom. The van der Waals surface area contributed by atoms with E-state index in [1.54, 1.807) is 36.4 Å². The second-order valence-corrected chi connectivity index (χ2v) is 7.92. The fraction of sp³-hybridized carbons (Fsp3) is 0.348. The topological polar surface area (TPSA) is 97.3 Å². The summed E-state index contributed by atoms with van der Waals surface area (Å²) in [5.41, 5.74) is 8.07. The van der Waals surface area contributed by atoms with Crippen molar-refractivity contribution in [3.63, 3.8) is 0 Å². The van der Waals surface area contributed by atoms with E-state index in [1.807, 2.05) is 11.0 Å². The average molecular weight is 421 g/mol. The number of amides is 2. The normalized spacial score (nSPS) is 21.5. The third kappa shape index (κ3) is 4.74. The van der Waals surface area contributed by atoms with Crippen LogP contribution in [0.1, 0.15) is 40.4 Å². The predicted molar refractivity (Wildman–Crippen MR) is 112 cm³/mol. The van der Waals surface area contributed by atoms with Gasteiger partial charge >= 0.3 is 0 Å². The van der Waals surface area contributed by atoms with Crippen molar-refractivity contribution >= 4 is 11.8 Å². The predicted octanol–water partition coefficient (Wildman–Crippen LogP) is 1.88. The van der Waals surface area contributed by atoms with Gasteiger partial charge in [0.05, 0.1) is 23.6 Å². The van der Waals surface area contributed by atoms with Crippen molar-refractivity contribution in [2.45, 2.75) is 24.9 Å². The van der Waals surface area contributed by atoms with Crippen LogP contribution >= 0.6 is 0 Å². The average Bonchev–Trinajstić information content (AvgIpc) is 3.29. The summed E-state index contributed by atoms with van der Waals surface area (Å²) in [6.07, 6.45) is 1.37. The van der Waals surface area contributed by atoms with E-state index >= 15 is 0 Å². The summed E-state index contributed by atoms with van der Waals surface area (Å²) in [7, 11) is 0. The number of carbonyl (C=O) groups excluding carboxylic acids is 2. The zero-order valence-corrected chi connectivity index (χ0v) is 17.0. The van der Waals surface area contributed by atoms with E-state index in [1.165, 1.54) is 12.1 Å². The van der Waals surface area contributed by atoms with Crippen LogP contribution in [-0.4, -0.2) is 42.4 Å². The fourth-order valence-electron chi connectivity index (χ4n) is 4.16. The van der Waals surface area contributed by atoms with Gasteiger partial charge in [-0.3, -0.25) is 15.0 Å². The van der Waals surface area contributed by atoms with E-state index in [2.05, 4.69) is 16.2 Å². The maximum atomic E-state index is 13.2.